The smallest absolute Gasteiger partial charge is 0.298 e. The Morgan fingerprint density at radius 1 is 1.73 bits per heavy atom. The first-order valence-electron chi connectivity index (χ1n) is 2.83. The van der Waals surface area contributed by atoms with Gasteiger partial charge in [-0.3, -0.25) is 4.79 Å². The number of pyridine rings is 1. The molecule has 0 unspecified atom stereocenters. The van der Waals surface area contributed by atoms with Crippen molar-refractivity contribution < 1.29 is 9.53 Å². The zero-order valence-electron chi connectivity index (χ0n) is 5.52. The molecule has 11 heavy (non-hydrogen) atoms. The van der Waals surface area contributed by atoms with Gasteiger partial charge in [0.2, 0.25) is 0 Å². The summed E-state index contributed by atoms with van der Waals surface area (Å²) in [5, 5.41) is 8.37. The van der Waals surface area contributed by atoms with Gasteiger partial charge < -0.3 is 4.74 Å². The van der Waals surface area contributed by atoms with E-state index in [0.717, 1.165) is 0 Å². The van der Waals surface area contributed by atoms with E-state index in [1.165, 1.54) is 18.3 Å². The van der Waals surface area contributed by atoms with E-state index in [4.69, 9.17) is 5.26 Å². The van der Waals surface area contributed by atoms with Gasteiger partial charge in [0.05, 0.1) is 0 Å². The molecule has 0 N–H and O–H groups in total. The summed E-state index contributed by atoms with van der Waals surface area (Å²) in [4.78, 5) is 13.5. The van der Waals surface area contributed by atoms with Gasteiger partial charge in [-0.1, -0.05) is 0 Å². The van der Waals surface area contributed by atoms with Gasteiger partial charge in [0.1, 0.15) is 17.5 Å². The maximum Gasteiger partial charge on any atom is 0.298 e. The Morgan fingerprint density at radius 3 is 3.18 bits per heavy atom. The lowest BCUT2D eigenvalue weighted by Crippen LogP contribution is -1.89. The molecule has 0 radical (unpaired) electrons. The summed E-state index contributed by atoms with van der Waals surface area (Å²) in [6, 6.07) is 4.70. The quantitative estimate of drug-likeness (QED) is 0.572. The molecule has 0 saturated heterocycles. The monoisotopic (exact) mass is 148 g/mol. The number of carbonyl (C=O) groups excluding carboxylic acids is 1. The molecule has 0 aliphatic carbocycles. The summed E-state index contributed by atoms with van der Waals surface area (Å²) in [5.41, 5.74) is 0.226. The second kappa shape index (κ2) is 3.32. The van der Waals surface area contributed by atoms with Gasteiger partial charge in [-0.15, -0.1) is 0 Å². The summed E-state index contributed by atoms with van der Waals surface area (Å²) >= 11 is 0. The average Bonchev–Trinajstić information content (AvgIpc) is 2.06. The molecule has 0 aromatic carbocycles. The number of hydrogen-bond donors (Lipinski definition) is 0. The number of rotatable bonds is 2. The van der Waals surface area contributed by atoms with Gasteiger partial charge in [-0.05, 0) is 6.07 Å². The molecule has 0 aliphatic rings. The fourth-order valence-electron chi connectivity index (χ4n) is 0.601. The minimum absolute atomic E-state index is 0.226. The number of hydrogen-bond acceptors (Lipinski definition) is 4. The molecule has 0 atom stereocenters. The SMILES string of the molecule is N#Cc1cc(OC=O)ccn1. The van der Waals surface area contributed by atoms with Crippen LogP contribution < -0.4 is 4.74 Å². The molecule has 1 heterocycles. The Morgan fingerprint density at radius 2 is 2.55 bits per heavy atom. The Kier molecular flexibility index (Phi) is 2.18. The molecule has 0 spiro atoms. The van der Waals surface area contributed by atoms with Crippen LogP contribution in [0, 0.1) is 11.3 Å². The predicted molar refractivity (Wildman–Crippen MR) is 35.6 cm³/mol. The number of carbonyl (C=O) groups is 1. The van der Waals surface area contributed by atoms with E-state index < -0.39 is 0 Å². The van der Waals surface area contributed by atoms with Crippen LogP contribution >= 0.6 is 0 Å². The molecule has 54 valence electrons. The second-order valence-corrected chi connectivity index (χ2v) is 1.70. The lowest BCUT2D eigenvalue weighted by Gasteiger charge is -1.94. The van der Waals surface area contributed by atoms with Gasteiger partial charge >= 0.3 is 0 Å². The van der Waals surface area contributed by atoms with Gasteiger partial charge in [0, 0.05) is 12.3 Å². The molecular weight excluding hydrogens is 144 g/mol. The van der Waals surface area contributed by atoms with E-state index in [-0.39, 0.29) is 5.69 Å². The molecule has 0 bridgehead atoms. The minimum atomic E-state index is 0.226. The predicted octanol–water partition coefficient (Wildman–Crippen LogP) is 0.488. The lowest BCUT2D eigenvalue weighted by molar-refractivity contribution is -0.120. The highest BCUT2D eigenvalue weighted by atomic mass is 16.5. The maximum absolute atomic E-state index is 9.85. The van der Waals surface area contributed by atoms with Crippen LogP contribution in [0.2, 0.25) is 0 Å². The van der Waals surface area contributed by atoms with Crippen LogP contribution in [-0.2, 0) is 4.79 Å². The molecule has 1 rings (SSSR count). The molecule has 0 saturated carbocycles. The van der Waals surface area contributed by atoms with Crippen molar-refractivity contribution in [2.75, 3.05) is 0 Å². The van der Waals surface area contributed by atoms with E-state index in [1.54, 1.807) is 0 Å². The van der Waals surface area contributed by atoms with Gasteiger partial charge in [-0.2, -0.15) is 5.26 Å². The Labute approximate surface area is 63.0 Å². The molecule has 0 amide bonds. The summed E-state index contributed by atoms with van der Waals surface area (Å²) < 4.78 is 4.48. The fourth-order valence-corrected chi connectivity index (χ4v) is 0.601. The summed E-state index contributed by atoms with van der Waals surface area (Å²) in [6.45, 7) is 0.302. The van der Waals surface area contributed by atoms with Crippen LogP contribution in [0.5, 0.6) is 5.75 Å². The van der Waals surface area contributed by atoms with Crippen molar-refractivity contribution in [3.63, 3.8) is 0 Å². The summed E-state index contributed by atoms with van der Waals surface area (Å²) in [5.74, 6) is 0.326. The van der Waals surface area contributed by atoms with E-state index in [2.05, 4.69) is 9.72 Å². The largest absolute Gasteiger partial charge is 0.429 e. The number of nitriles is 1. The van der Waals surface area contributed by atoms with Crippen molar-refractivity contribution >= 4 is 6.47 Å². The zero-order valence-corrected chi connectivity index (χ0v) is 5.52. The average molecular weight is 148 g/mol. The van der Waals surface area contributed by atoms with Crippen LogP contribution in [0.25, 0.3) is 0 Å². The van der Waals surface area contributed by atoms with Crippen molar-refractivity contribution in [2.24, 2.45) is 0 Å². The minimum Gasteiger partial charge on any atom is -0.429 e. The van der Waals surface area contributed by atoms with Crippen LogP contribution in [0.1, 0.15) is 5.69 Å². The Hall–Kier alpha value is -1.89. The number of ether oxygens (including phenoxy) is 1. The highest BCUT2D eigenvalue weighted by molar-refractivity contribution is 5.45. The maximum atomic E-state index is 9.85. The molecule has 0 aliphatic heterocycles. The van der Waals surface area contributed by atoms with E-state index in [9.17, 15) is 4.79 Å². The van der Waals surface area contributed by atoms with Gasteiger partial charge in [-0.25, -0.2) is 4.98 Å². The molecule has 4 nitrogen and oxygen atoms in total. The topological polar surface area (TPSA) is 63.0 Å². The first-order chi connectivity index (χ1) is 5.36. The highest BCUT2D eigenvalue weighted by Gasteiger charge is 1.94. The highest BCUT2D eigenvalue weighted by Crippen LogP contribution is 2.08. The van der Waals surface area contributed by atoms with Crippen molar-refractivity contribution in [2.45, 2.75) is 0 Å². The van der Waals surface area contributed by atoms with Crippen LogP contribution in [0.4, 0.5) is 0 Å². The van der Waals surface area contributed by atoms with Crippen molar-refractivity contribution in [1.82, 2.24) is 4.98 Å². The molecule has 4 heteroatoms. The van der Waals surface area contributed by atoms with E-state index in [1.807, 2.05) is 6.07 Å². The zero-order chi connectivity index (χ0) is 8.10. The van der Waals surface area contributed by atoms with Crippen LogP contribution in [0.3, 0.4) is 0 Å². The first kappa shape index (κ1) is 7.22. The Bertz CT molecular complexity index is 304. The molecular formula is C7H4N2O2. The van der Waals surface area contributed by atoms with E-state index in [0.29, 0.717) is 12.2 Å². The Balaban J connectivity index is 2.93. The second-order valence-electron chi connectivity index (χ2n) is 1.70. The van der Waals surface area contributed by atoms with Crippen LogP contribution in [0.15, 0.2) is 18.3 Å². The normalized spacial score (nSPS) is 8.27. The van der Waals surface area contributed by atoms with Crippen LogP contribution in [-0.4, -0.2) is 11.5 Å². The summed E-state index contributed by atoms with van der Waals surface area (Å²) in [6.07, 6.45) is 1.40. The third kappa shape index (κ3) is 1.76. The lowest BCUT2D eigenvalue weighted by atomic mass is 10.3. The number of aromatic nitrogens is 1. The fraction of sp³-hybridized carbons (Fsp3) is 0. The summed E-state index contributed by atoms with van der Waals surface area (Å²) in [7, 11) is 0. The van der Waals surface area contributed by atoms with Crippen molar-refractivity contribution in [3.8, 4) is 11.8 Å². The van der Waals surface area contributed by atoms with Gasteiger partial charge in [0.25, 0.3) is 6.47 Å². The van der Waals surface area contributed by atoms with E-state index >= 15 is 0 Å². The molecule has 1 aromatic rings. The molecule has 0 fully saturated rings. The van der Waals surface area contributed by atoms with Crippen molar-refractivity contribution in [1.29, 1.82) is 5.26 Å². The third-order valence-electron chi connectivity index (χ3n) is 1.03. The van der Waals surface area contributed by atoms with Gasteiger partial charge in [0.15, 0.2) is 0 Å². The number of nitrogens with zero attached hydrogens (tertiary/aromatic N) is 2. The third-order valence-corrected chi connectivity index (χ3v) is 1.03. The van der Waals surface area contributed by atoms with Crippen molar-refractivity contribution in [3.05, 3.63) is 24.0 Å². The molecule has 1 aromatic heterocycles. The first-order valence-corrected chi connectivity index (χ1v) is 2.83. The standard InChI is InChI=1S/C7H4N2O2/c8-4-6-3-7(11-5-10)1-2-9-6/h1-3,5H.